The van der Waals surface area contributed by atoms with Crippen LogP contribution in [0.2, 0.25) is 0 Å². The number of aromatic hydroxyl groups is 1. The second kappa shape index (κ2) is 5.67. The summed E-state index contributed by atoms with van der Waals surface area (Å²) in [4.78, 5) is 2.07. The Morgan fingerprint density at radius 2 is 2.06 bits per heavy atom. The molecule has 0 saturated carbocycles. The van der Waals surface area contributed by atoms with E-state index in [2.05, 4.69) is 18.7 Å². The quantitative estimate of drug-likeness (QED) is 0.849. The summed E-state index contributed by atoms with van der Waals surface area (Å²) < 4.78 is 13.2. The Morgan fingerprint density at radius 3 is 2.61 bits per heavy atom. The minimum atomic E-state index is -0.332. The number of nitrogens with two attached hydrogens (primary N) is 1. The maximum Gasteiger partial charge on any atom is 0.123 e. The molecule has 0 aliphatic heterocycles. The highest BCUT2D eigenvalue weighted by Gasteiger charge is 2.23. The number of phenols is 1. The van der Waals surface area contributed by atoms with Gasteiger partial charge in [0.05, 0.1) is 0 Å². The summed E-state index contributed by atoms with van der Waals surface area (Å²) in [6.07, 6.45) is 0. The van der Waals surface area contributed by atoms with Crippen LogP contribution in [0.25, 0.3) is 0 Å². The van der Waals surface area contributed by atoms with E-state index in [9.17, 15) is 9.50 Å². The Bertz CT molecular complexity index is 407. The van der Waals surface area contributed by atoms with Crippen molar-refractivity contribution in [1.29, 1.82) is 0 Å². The highest BCUT2D eigenvalue weighted by Crippen LogP contribution is 2.30. The van der Waals surface area contributed by atoms with Gasteiger partial charge in [0.25, 0.3) is 0 Å². The lowest BCUT2D eigenvalue weighted by Crippen LogP contribution is -2.37. The Morgan fingerprint density at radius 1 is 1.44 bits per heavy atom. The minimum Gasteiger partial charge on any atom is -0.508 e. The van der Waals surface area contributed by atoms with Gasteiger partial charge in [0.1, 0.15) is 11.6 Å². The van der Waals surface area contributed by atoms with Crippen LogP contribution < -0.4 is 5.73 Å². The standard InChI is InChI=1S/C14H23FN2O/c1-10(17(4)9-14(2,3)8-16)12-7-11(15)5-6-13(12)18/h5-7,10,18H,8-9,16H2,1-4H3. The SMILES string of the molecule is CC(c1cc(F)ccc1O)N(C)CC(C)(C)CN. The first-order chi connectivity index (χ1) is 8.26. The van der Waals surface area contributed by atoms with Gasteiger partial charge in [-0.1, -0.05) is 13.8 Å². The predicted octanol–water partition coefficient (Wildman–Crippen LogP) is 2.51. The molecule has 0 bridgehead atoms. The molecule has 18 heavy (non-hydrogen) atoms. The topological polar surface area (TPSA) is 49.5 Å². The van der Waals surface area contributed by atoms with Crippen LogP contribution in [0.4, 0.5) is 4.39 Å². The van der Waals surface area contributed by atoms with Crippen LogP contribution in [0.3, 0.4) is 0 Å². The van der Waals surface area contributed by atoms with Crippen molar-refractivity contribution in [3.63, 3.8) is 0 Å². The molecule has 1 aromatic carbocycles. The fourth-order valence-electron chi connectivity index (χ4n) is 1.97. The number of hydrogen-bond acceptors (Lipinski definition) is 3. The lowest BCUT2D eigenvalue weighted by molar-refractivity contribution is 0.172. The zero-order chi connectivity index (χ0) is 13.9. The van der Waals surface area contributed by atoms with E-state index in [0.29, 0.717) is 12.1 Å². The fraction of sp³-hybridized carbons (Fsp3) is 0.571. The second-order valence-electron chi connectivity index (χ2n) is 5.66. The van der Waals surface area contributed by atoms with E-state index in [1.165, 1.54) is 18.2 Å². The van der Waals surface area contributed by atoms with Crippen LogP contribution in [0, 0.1) is 11.2 Å². The number of benzene rings is 1. The molecule has 0 heterocycles. The van der Waals surface area contributed by atoms with Gasteiger partial charge in [0.15, 0.2) is 0 Å². The minimum absolute atomic E-state index is 0.00798. The van der Waals surface area contributed by atoms with Crippen molar-refractivity contribution in [1.82, 2.24) is 4.90 Å². The van der Waals surface area contributed by atoms with Crippen LogP contribution in [0.1, 0.15) is 32.4 Å². The molecule has 3 N–H and O–H groups in total. The van der Waals surface area contributed by atoms with Crippen molar-refractivity contribution in [2.45, 2.75) is 26.8 Å². The van der Waals surface area contributed by atoms with Crippen LogP contribution >= 0.6 is 0 Å². The van der Waals surface area contributed by atoms with Crippen LogP contribution in [0.5, 0.6) is 5.75 Å². The van der Waals surface area contributed by atoms with E-state index in [1.54, 1.807) is 0 Å². The van der Waals surface area contributed by atoms with E-state index >= 15 is 0 Å². The van der Waals surface area contributed by atoms with E-state index in [1.807, 2.05) is 14.0 Å². The van der Waals surface area contributed by atoms with Gasteiger partial charge >= 0.3 is 0 Å². The average Bonchev–Trinajstić information content (AvgIpc) is 2.31. The molecule has 0 aromatic heterocycles. The van der Waals surface area contributed by atoms with E-state index in [0.717, 1.165) is 6.54 Å². The molecule has 0 fully saturated rings. The molecule has 1 unspecified atom stereocenters. The second-order valence-corrected chi connectivity index (χ2v) is 5.66. The molecule has 0 amide bonds. The first kappa shape index (κ1) is 14.9. The molecule has 1 aromatic rings. The highest BCUT2D eigenvalue weighted by atomic mass is 19.1. The zero-order valence-electron chi connectivity index (χ0n) is 11.6. The molecule has 0 aliphatic rings. The van der Waals surface area contributed by atoms with E-state index in [-0.39, 0.29) is 23.0 Å². The van der Waals surface area contributed by atoms with Crippen molar-refractivity contribution in [3.05, 3.63) is 29.6 Å². The van der Waals surface area contributed by atoms with E-state index in [4.69, 9.17) is 5.73 Å². The first-order valence-electron chi connectivity index (χ1n) is 6.15. The summed E-state index contributed by atoms with van der Waals surface area (Å²) >= 11 is 0. The zero-order valence-corrected chi connectivity index (χ0v) is 11.6. The number of hydrogen-bond donors (Lipinski definition) is 2. The average molecular weight is 254 g/mol. The summed E-state index contributed by atoms with van der Waals surface area (Å²) in [5, 5.41) is 9.79. The third-order valence-electron chi connectivity index (χ3n) is 3.33. The monoisotopic (exact) mass is 254 g/mol. The van der Waals surface area contributed by atoms with Gasteiger partial charge in [-0.15, -0.1) is 0 Å². The van der Waals surface area contributed by atoms with Crippen LogP contribution in [0.15, 0.2) is 18.2 Å². The van der Waals surface area contributed by atoms with Gasteiger partial charge in [-0.2, -0.15) is 0 Å². The molecule has 0 aliphatic carbocycles. The van der Waals surface area contributed by atoms with Crippen molar-refractivity contribution in [3.8, 4) is 5.75 Å². The molecular formula is C14H23FN2O. The smallest absolute Gasteiger partial charge is 0.123 e. The molecule has 1 rings (SSSR count). The van der Waals surface area contributed by atoms with Crippen molar-refractivity contribution >= 4 is 0 Å². The Balaban J connectivity index is 2.86. The van der Waals surface area contributed by atoms with Gasteiger partial charge in [0.2, 0.25) is 0 Å². The van der Waals surface area contributed by atoms with E-state index < -0.39 is 0 Å². The predicted molar refractivity (Wildman–Crippen MR) is 71.9 cm³/mol. The normalized spacial score (nSPS) is 13.9. The summed E-state index contributed by atoms with van der Waals surface area (Å²) in [6, 6.07) is 3.97. The summed E-state index contributed by atoms with van der Waals surface area (Å²) in [7, 11) is 1.95. The maximum atomic E-state index is 13.2. The number of phenolic OH excluding ortho intramolecular Hbond substituents is 1. The lowest BCUT2D eigenvalue weighted by Gasteiger charge is -2.33. The maximum absolute atomic E-state index is 13.2. The summed E-state index contributed by atoms with van der Waals surface area (Å²) in [5.74, 6) is -0.206. The molecule has 0 spiro atoms. The third kappa shape index (κ3) is 3.68. The van der Waals surface area contributed by atoms with Crippen LogP contribution in [-0.4, -0.2) is 30.1 Å². The third-order valence-corrected chi connectivity index (χ3v) is 3.33. The molecular weight excluding hydrogens is 231 g/mol. The molecule has 0 saturated heterocycles. The Kier molecular flexibility index (Phi) is 4.71. The molecule has 4 heteroatoms. The van der Waals surface area contributed by atoms with Crippen molar-refractivity contribution in [2.24, 2.45) is 11.1 Å². The van der Waals surface area contributed by atoms with Gasteiger partial charge in [-0.05, 0) is 44.1 Å². The Hall–Kier alpha value is -1.13. The summed E-state index contributed by atoms with van der Waals surface area (Å²) in [5.41, 5.74) is 6.31. The fourth-order valence-corrected chi connectivity index (χ4v) is 1.97. The molecule has 0 radical (unpaired) electrons. The largest absolute Gasteiger partial charge is 0.508 e. The van der Waals surface area contributed by atoms with Crippen molar-refractivity contribution in [2.75, 3.05) is 20.1 Å². The number of halogens is 1. The van der Waals surface area contributed by atoms with Gasteiger partial charge in [-0.3, -0.25) is 4.90 Å². The molecule has 102 valence electrons. The molecule has 3 nitrogen and oxygen atoms in total. The Labute approximate surface area is 108 Å². The lowest BCUT2D eigenvalue weighted by atomic mass is 9.92. The van der Waals surface area contributed by atoms with Gasteiger partial charge < -0.3 is 10.8 Å². The molecule has 1 atom stereocenters. The number of nitrogens with zero attached hydrogens (tertiary/aromatic N) is 1. The van der Waals surface area contributed by atoms with Crippen molar-refractivity contribution < 1.29 is 9.50 Å². The van der Waals surface area contributed by atoms with Gasteiger partial charge in [-0.25, -0.2) is 4.39 Å². The van der Waals surface area contributed by atoms with Gasteiger partial charge in [0, 0.05) is 18.2 Å². The van der Waals surface area contributed by atoms with Crippen LogP contribution in [-0.2, 0) is 0 Å². The number of rotatable bonds is 5. The highest BCUT2D eigenvalue weighted by molar-refractivity contribution is 5.34. The first-order valence-corrected chi connectivity index (χ1v) is 6.15. The summed E-state index contributed by atoms with van der Waals surface area (Å²) in [6.45, 7) is 7.48.